The highest BCUT2D eigenvalue weighted by molar-refractivity contribution is 5.81. The Bertz CT molecular complexity index is 693. The normalized spacial score (nSPS) is 17.8. The first-order valence-corrected chi connectivity index (χ1v) is 8.20. The van der Waals surface area contributed by atoms with Gasteiger partial charge in [-0.2, -0.15) is 0 Å². The molecule has 1 fully saturated rings. The number of rotatable bonds is 6. The summed E-state index contributed by atoms with van der Waals surface area (Å²) in [6.45, 7) is 2.91. The molecule has 0 spiro atoms. The molecule has 0 saturated carbocycles. The molecule has 1 aromatic carbocycles. The van der Waals surface area contributed by atoms with Crippen LogP contribution in [-0.4, -0.2) is 53.4 Å². The van der Waals surface area contributed by atoms with Gasteiger partial charge in [-0.1, -0.05) is 18.2 Å². The van der Waals surface area contributed by atoms with Gasteiger partial charge in [-0.05, 0) is 19.1 Å². The molecule has 0 N–H and O–H groups in total. The predicted molar refractivity (Wildman–Crippen MR) is 90.7 cm³/mol. The fraction of sp³-hybridized carbons (Fsp3) is 0.389. The number of aromatic nitrogens is 2. The zero-order chi connectivity index (χ0) is 17.6. The molecule has 3 rings (SSSR count). The minimum Gasteiger partial charge on any atom is -0.481 e. The highest BCUT2D eigenvalue weighted by Gasteiger charge is 2.31. The second-order valence-corrected chi connectivity index (χ2v) is 5.80. The Balaban J connectivity index is 1.51. The fourth-order valence-electron chi connectivity index (χ4n) is 2.69. The van der Waals surface area contributed by atoms with E-state index in [0.29, 0.717) is 30.6 Å². The van der Waals surface area contributed by atoms with E-state index in [1.807, 2.05) is 30.3 Å². The average Bonchev–Trinajstić information content (AvgIpc) is 3.11. The first kappa shape index (κ1) is 17.0. The second-order valence-electron chi connectivity index (χ2n) is 5.80. The number of ether oxygens (including phenoxy) is 3. The lowest BCUT2D eigenvalue weighted by Crippen LogP contribution is -2.40. The lowest BCUT2D eigenvalue weighted by atomic mass is 10.3. The van der Waals surface area contributed by atoms with Crippen LogP contribution in [0.1, 0.15) is 13.3 Å². The lowest BCUT2D eigenvalue weighted by molar-refractivity contribution is -0.137. The van der Waals surface area contributed by atoms with Crippen LogP contribution in [0.3, 0.4) is 0 Å². The van der Waals surface area contributed by atoms with E-state index in [1.54, 1.807) is 24.0 Å². The molecule has 7 nitrogen and oxygen atoms in total. The van der Waals surface area contributed by atoms with E-state index in [4.69, 9.17) is 14.2 Å². The van der Waals surface area contributed by atoms with Gasteiger partial charge in [-0.15, -0.1) is 10.2 Å². The first-order valence-electron chi connectivity index (χ1n) is 8.20. The maximum absolute atomic E-state index is 12.5. The van der Waals surface area contributed by atoms with Crippen molar-refractivity contribution in [1.29, 1.82) is 0 Å². The molecule has 0 bridgehead atoms. The molecule has 0 unspecified atom stereocenters. The number of likely N-dealkylation sites (tertiary alicyclic amines) is 1. The summed E-state index contributed by atoms with van der Waals surface area (Å²) in [6, 6.07) is 12.7. The summed E-state index contributed by atoms with van der Waals surface area (Å²) in [6.07, 6.45) is 0.106. The van der Waals surface area contributed by atoms with Crippen molar-refractivity contribution in [3.8, 4) is 17.5 Å². The van der Waals surface area contributed by atoms with Crippen LogP contribution in [0.4, 0.5) is 0 Å². The smallest absolute Gasteiger partial charge is 0.263 e. The summed E-state index contributed by atoms with van der Waals surface area (Å²) >= 11 is 0. The minimum atomic E-state index is -0.540. The van der Waals surface area contributed by atoms with E-state index in [-0.39, 0.29) is 12.0 Å². The third kappa shape index (κ3) is 4.37. The molecule has 1 aromatic heterocycles. The summed E-state index contributed by atoms with van der Waals surface area (Å²) in [5, 5.41) is 7.82. The molecule has 1 aliphatic heterocycles. The summed E-state index contributed by atoms with van der Waals surface area (Å²) in [5.74, 6) is 1.50. The number of methoxy groups -OCH3 is 1. The van der Waals surface area contributed by atoms with Crippen LogP contribution in [0.25, 0.3) is 0 Å². The third-order valence-corrected chi connectivity index (χ3v) is 3.97. The van der Waals surface area contributed by atoms with Gasteiger partial charge in [0, 0.05) is 25.1 Å². The number of hydrogen-bond acceptors (Lipinski definition) is 6. The number of para-hydroxylation sites is 1. The largest absolute Gasteiger partial charge is 0.481 e. The Morgan fingerprint density at radius 1 is 1.16 bits per heavy atom. The van der Waals surface area contributed by atoms with Crippen molar-refractivity contribution in [2.24, 2.45) is 0 Å². The Morgan fingerprint density at radius 2 is 1.88 bits per heavy atom. The van der Waals surface area contributed by atoms with Gasteiger partial charge in [0.2, 0.25) is 11.8 Å². The maximum atomic E-state index is 12.5. The van der Waals surface area contributed by atoms with Crippen LogP contribution in [-0.2, 0) is 4.79 Å². The predicted octanol–water partition coefficient (Wildman–Crippen LogP) is 1.93. The standard InChI is InChI=1S/C18H21N3O4/c1-13(24-14-6-4-3-5-7-14)18(22)21-11-10-15(12-21)25-17-9-8-16(23-2)19-20-17/h3-9,13,15H,10-12H2,1-2H3/t13-,15-/m1/s1. The van der Waals surface area contributed by atoms with Crippen molar-refractivity contribution in [3.63, 3.8) is 0 Å². The molecular formula is C18H21N3O4. The molecule has 2 atom stereocenters. The van der Waals surface area contributed by atoms with Gasteiger partial charge in [0.15, 0.2) is 6.10 Å². The first-order chi connectivity index (χ1) is 12.2. The Labute approximate surface area is 146 Å². The van der Waals surface area contributed by atoms with Gasteiger partial charge in [-0.25, -0.2) is 0 Å². The molecule has 0 radical (unpaired) electrons. The molecule has 1 aliphatic rings. The highest BCUT2D eigenvalue weighted by Crippen LogP contribution is 2.19. The van der Waals surface area contributed by atoms with Gasteiger partial charge >= 0.3 is 0 Å². The topological polar surface area (TPSA) is 73.8 Å². The van der Waals surface area contributed by atoms with E-state index in [1.165, 1.54) is 7.11 Å². The lowest BCUT2D eigenvalue weighted by Gasteiger charge is -2.21. The van der Waals surface area contributed by atoms with E-state index in [0.717, 1.165) is 6.42 Å². The Hall–Kier alpha value is -2.83. The summed E-state index contributed by atoms with van der Waals surface area (Å²) < 4.78 is 16.5. The van der Waals surface area contributed by atoms with E-state index >= 15 is 0 Å². The van der Waals surface area contributed by atoms with E-state index in [2.05, 4.69) is 10.2 Å². The Kier molecular flexibility index (Phi) is 5.33. The summed E-state index contributed by atoms with van der Waals surface area (Å²) in [7, 11) is 1.53. The monoisotopic (exact) mass is 343 g/mol. The third-order valence-electron chi connectivity index (χ3n) is 3.97. The maximum Gasteiger partial charge on any atom is 0.263 e. The molecule has 132 valence electrons. The molecular weight excluding hydrogens is 322 g/mol. The summed E-state index contributed by atoms with van der Waals surface area (Å²) in [5.41, 5.74) is 0. The van der Waals surface area contributed by atoms with E-state index in [9.17, 15) is 4.79 Å². The molecule has 1 amide bonds. The highest BCUT2D eigenvalue weighted by atomic mass is 16.5. The molecule has 7 heteroatoms. The van der Waals surface area contributed by atoms with Crippen molar-refractivity contribution in [1.82, 2.24) is 15.1 Å². The number of carbonyl (C=O) groups excluding carboxylic acids is 1. The Morgan fingerprint density at radius 3 is 2.56 bits per heavy atom. The van der Waals surface area contributed by atoms with Crippen LogP contribution >= 0.6 is 0 Å². The van der Waals surface area contributed by atoms with Gasteiger partial charge in [0.25, 0.3) is 5.91 Å². The van der Waals surface area contributed by atoms with Crippen LogP contribution in [0.2, 0.25) is 0 Å². The van der Waals surface area contributed by atoms with Crippen LogP contribution < -0.4 is 14.2 Å². The SMILES string of the molecule is COc1ccc(O[C@@H]2CCN(C(=O)[C@@H](C)Oc3ccccc3)C2)nn1. The quantitative estimate of drug-likeness (QED) is 0.798. The molecule has 1 saturated heterocycles. The van der Waals surface area contributed by atoms with Crippen molar-refractivity contribution in [2.45, 2.75) is 25.6 Å². The van der Waals surface area contributed by atoms with Crippen LogP contribution in [0, 0.1) is 0 Å². The number of carbonyl (C=O) groups is 1. The van der Waals surface area contributed by atoms with E-state index < -0.39 is 6.10 Å². The number of hydrogen-bond donors (Lipinski definition) is 0. The van der Waals surface area contributed by atoms with Gasteiger partial charge in [0.05, 0.1) is 13.7 Å². The van der Waals surface area contributed by atoms with Crippen molar-refractivity contribution in [2.75, 3.05) is 20.2 Å². The van der Waals surface area contributed by atoms with Gasteiger partial charge in [0.1, 0.15) is 11.9 Å². The van der Waals surface area contributed by atoms with Gasteiger partial charge < -0.3 is 19.1 Å². The van der Waals surface area contributed by atoms with Crippen molar-refractivity contribution in [3.05, 3.63) is 42.5 Å². The van der Waals surface area contributed by atoms with Gasteiger partial charge in [-0.3, -0.25) is 4.79 Å². The number of nitrogens with zero attached hydrogens (tertiary/aromatic N) is 3. The number of benzene rings is 1. The molecule has 2 aromatic rings. The summed E-state index contributed by atoms with van der Waals surface area (Å²) in [4.78, 5) is 14.3. The van der Waals surface area contributed by atoms with Crippen molar-refractivity contribution >= 4 is 5.91 Å². The van der Waals surface area contributed by atoms with Crippen LogP contribution in [0.15, 0.2) is 42.5 Å². The minimum absolute atomic E-state index is 0.0456. The second kappa shape index (κ2) is 7.83. The zero-order valence-electron chi connectivity index (χ0n) is 14.3. The molecule has 25 heavy (non-hydrogen) atoms. The van der Waals surface area contributed by atoms with Crippen molar-refractivity contribution < 1.29 is 19.0 Å². The number of amides is 1. The molecule has 0 aliphatic carbocycles. The van der Waals surface area contributed by atoms with Crippen LogP contribution in [0.5, 0.6) is 17.5 Å². The average molecular weight is 343 g/mol. The molecule has 2 heterocycles. The zero-order valence-corrected chi connectivity index (χ0v) is 14.3. The fourth-order valence-corrected chi connectivity index (χ4v) is 2.69.